The molecule has 1 aromatic rings. The highest BCUT2D eigenvalue weighted by atomic mass is 32.2. The molecular weight excluding hydrogens is 287 g/mol. The van der Waals surface area contributed by atoms with Crippen LogP contribution in [0.2, 0.25) is 0 Å². The summed E-state index contributed by atoms with van der Waals surface area (Å²) in [5, 5.41) is 3.38. The molecule has 6 heteroatoms. The average Bonchev–Trinajstić information content (AvgIpc) is 2.40. The van der Waals surface area contributed by atoms with Gasteiger partial charge in [0.05, 0.1) is 5.94 Å². The Morgan fingerprint density at radius 2 is 1.90 bits per heavy atom. The number of ether oxygens (including phenoxy) is 1. The van der Waals surface area contributed by atoms with Crippen LogP contribution in [0.15, 0.2) is 29.2 Å². The Balaban J connectivity index is 2.35. The summed E-state index contributed by atoms with van der Waals surface area (Å²) in [5.74, 6) is 0.00248. The third-order valence-corrected chi connectivity index (χ3v) is 3.55. The summed E-state index contributed by atoms with van der Waals surface area (Å²) in [7, 11) is 0. The number of halogens is 3. The van der Waals surface area contributed by atoms with Crippen LogP contribution in [-0.4, -0.2) is 25.3 Å². The topological polar surface area (TPSA) is 21.3 Å². The molecule has 0 aliphatic carbocycles. The third kappa shape index (κ3) is 7.17. The normalized spacial score (nSPS) is 13.4. The van der Waals surface area contributed by atoms with Crippen LogP contribution in [0.25, 0.3) is 0 Å². The van der Waals surface area contributed by atoms with Crippen molar-refractivity contribution in [2.75, 3.05) is 19.1 Å². The number of benzene rings is 1. The summed E-state index contributed by atoms with van der Waals surface area (Å²) >= 11 is 1.26. The lowest BCUT2D eigenvalue weighted by atomic mass is 10.1. The van der Waals surface area contributed by atoms with Crippen molar-refractivity contribution >= 4 is 11.8 Å². The van der Waals surface area contributed by atoms with Crippen molar-refractivity contribution in [3.63, 3.8) is 0 Å². The molecule has 0 aromatic heterocycles. The summed E-state index contributed by atoms with van der Waals surface area (Å²) in [4.78, 5) is 0.901. The van der Waals surface area contributed by atoms with E-state index in [-0.39, 0.29) is 12.0 Å². The Morgan fingerprint density at radius 3 is 2.45 bits per heavy atom. The van der Waals surface area contributed by atoms with Gasteiger partial charge in [-0.15, -0.1) is 0 Å². The van der Waals surface area contributed by atoms with Crippen molar-refractivity contribution < 1.29 is 17.9 Å². The molecule has 0 radical (unpaired) electrons. The fourth-order valence-corrected chi connectivity index (χ4v) is 2.23. The van der Waals surface area contributed by atoms with E-state index >= 15 is 0 Å². The Morgan fingerprint density at radius 1 is 1.25 bits per heavy atom. The van der Waals surface area contributed by atoms with Crippen molar-refractivity contribution in [2.45, 2.75) is 37.4 Å². The number of thioether (sulfide) groups is 1. The maximum absolute atomic E-state index is 11.9. The summed E-state index contributed by atoms with van der Waals surface area (Å²) in [6.07, 6.45) is -3.18. The van der Waals surface area contributed by atoms with Crippen molar-refractivity contribution in [3.8, 4) is 0 Å². The van der Waals surface area contributed by atoms with Gasteiger partial charge in [-0.2, -0.15) is 13.2 Å². The van der Waals surface area contributed by atoms with E-state index in [0.717, 1.165) is 17.9 Å². The first-order valence-corrected chi connectivity index (χ1v) is 7.51. The second kappa shape index (κ2) is 8.54. The lowest BCUT2D eigenvalue weighted by Crippen LogP contribution is -2.19. The molecule has 1 N–H and O–H groups in total. The minimum atomic E-state index is -4.26. The number of hydrogen-bond acceptors (Lipinski definition) is 3. The maximum atomic E-state index is 11.9. The van der Waals surface area contributed by atoms with E-state index in [1.54, 1.807) is 0 Å². The molecule has 0 fully saturated rings. The van der Waals surface area contributed by atoms with Crippen LogP contribution < -0.4 is 5.32 Å². The van der Waals surface area contributed by atoms with Gasteiger partial charge in [-0.05, 0) is 37.6 Å². The van der Waals surface area contributed by atoms with E-state index in [0.29, 0.717) is 0 Å². The fraction of sp³-hybridized carbons (Fsp3) is 0.571. The Labute approximate surface area is 122 Å². The summed E-state index contributed by atoms with van der Waals surface area (Å²) in [6.45, 7) is 3.96. The van der Waals surface area contributed by atoms with E-state index in [1.807, 2.05) is 24.3 Å². The van der Waals surface area contributed by atoms with Crippen LogP contribution in [0.5, 0.6) is 0 Å². The predicted octanol–water partition coefficient (Wildman–Crippen LogP) is 4.38. The largest absolute Gasteiger partial charge is 0.411 e. The van der Waals surface area contributed by atoms with Gasteiger partial charge < -0.3 is 10.1 Å². The van der Waals surface area contributed by atoms with E-state index in [9.17, 15) is 13.2 Å². The molecule has 2 nitrogen and oxygen atoms in total. The molecule has 0 saturated heterocycles. The van der Waals surface area contributed by atoms with Crippen LogP contribution >= 0.6 is 11.8 Å². The first-order valence-electron chi connectivity index (χ1n) is 6.53. The van der Waals surface area contributed by atoms with Crippen molar-refractivity contribution in [1.82, 2.24) is 5.32 Å². The fourth-order valence-electron chi connectivity index (χ4n) is 1.60. The zero-order valence-electron chi connectivity index (χ0n) is 11.7. The molecule has 0 aliphatic heterocycles. The molecule has 0 amide bonds. The molecule has 1 aromatic carbocycles. The molecule has 114 valence electrons. The summed E-state index contributed by atoms with van der Waals surface area (Å²) in [6, 6.07) is 8.05. The van der Waals surface area contributed by atoms with Crippen LogP contribution in [0, 0.1) is 0 Å². The van der Waals surface area contributed by atoms with E-state index in [1.165, 1.54) is 17.3 Å². The SMILES string of the molecule is CCCNC(C)c1ccc(SCOCC(F)(F)F)cc1. The number of nitrogens with one attached hydrogen (secondary N) is 1. The molecule has 0 heterocycles. The van der Waals surface area contributed by atoms with Gasteiger partial charge in [-0.3, -0.25) is 0 Å². The van der Waals surface area contributed by atoms with E-state index in [4.69, 9.17) is 0 Å². The lowest BCUT2D eigenvalue weighted by Gasteiger charge is -2.14. The smallest absolute Gasteiger partial charge is 0.361 e. The summed E-state index contributed by atoms with van der Waals surface area (Å²) < 4.78 is 40.2. The Bertz CT molecular complexity index is 381. The average molecular weight is 307 g/mol. The molecule has 0 saturated carbocycles. The van der Waals surface area contributed by atoms with Gasteiger partial charge in [0.1, 0.15) is 6.61 Å². The van der Waals surface area contributed by atoms with Gasteiger partial charge in [-0.25, -0.2) is 0 Å². The minimum Gasteiger partial charge on any atom is -0.361 e. The van der Waals surface area contributed by atoms with Gasteiger partial charge in [0, 0.05) is 10.9 Å². The highest BCUT2D eigenvalue weighted by molar-refractivity contribution is 7.99. The zero-order valence-corrected chi connectivity index (χ0v) is 12.5. The minimum absolute atomic E-state index is 0.00248. The molecule has 0 aliphatic rings. The molecule has 0 spiro atoms. The molecule has 20 heavy (non-hydrogen) atoms. The van der Waals surface area contributed by atoms with Crippen molar-refractivity contribution in [3.05, 3.63) is 29.8 Å². The monoisotopic (exact) mass is 307 g/mol. The first-order chi connectivity index (χ1) is 9.42. The van der Waals surface area contributed by atoms with Crippen LogP contribution in [0.4, 0.5) is 13.2 Å². The molecule has 0 bridgehead atoms. The van der Waals surface area contributed by atoms with E-state index in [2.05, 4.69) is 23.9 Å². The standard InChI is InChI=1S/C14H20F3NOS/c1-3-8-18-11(2)12-4-6-13(7-5-12)20-10-19-9-14(15,16)17/h4-7,11,18H,3,8-10H2,1-2H3. The van der Waals surface area contributed by atoms with Gasteiger partial charge >= 0.3 is 6.18 Å². The maximum Gasteiger partial charge on any atom is 0.411 e. The van der Waals surface area contributed by atoms with E-state index < -0.39 is 12.8 Å². The number of rotatable bonds is 8. The summed E-state index contributed by atoms with van der Waals surface area (Å²) in [5.41, 5.74) is 1.17. The number of hydrogen-bond donors (Lipinski definition) is 1. The van der Waals surface area contributed by atoms with Crippen molar-refractivity contribution in [1.29, 1.82) is 0 Å². The van der Waals surface area contributed by atoms with Crippen molar-refractivity contribution in [2.24, 2.45) is 0 Å². The second-order valence-corrected chi connectivity index (χ2v) is 5.47. The zero-order chi connectivity index (χ0) is 15.0. The Kier molecular flexibility index (Phi) is 7.40. The molecule has 1 atom stereocenters. The van der Waals surface area contributed by atoms with Crippen LogP contribution in [0.3, 0.4) is 0 Å². The number of alkyl halides is 3. The van der Waals surface area contributed by atoms with Crippen LogP contribution in [0.1, 0.15) is 31.9 Å². The van der Waals surface area contributed by atoms with Gasteiger partial charge in [0.2, 0.25) is 0 Å². The van der Waals surface area contributed by atoms with Crippen LogP contribution in [-0.2, 0) is 4.74 Å². The second-order valence-electron chi connectivity index (χ2n) is 4.47. The lowest BCUT2D eigenvalue weighted by molar-refractivity contribution is -0.168. The highest BCUT2D eigenvalue weighted by Gasteiger charge is 2.27. The van der Waals surface area contributed by atoms with Gasteiger partial charge in [-0.1, -0.05) is 30.8 Å². The molecule has 1 rings (SSSR count). The molecular formula is C14H20F3NOS. The first kappa shape index (κ1) is 17.3. The third-order valence-electron chi connectivity index (χ3n) is 2.66. The molecule has 1 unspecified atom stereocenters. The highest BCUT2D eigenvalue weighted by Crippen LogP contribution is 2.22. The Hall–Kier alpha value is -0.720. The van der Waals surface area contributed by atoms with Gasteiger partial charge in [0.25, 0.3) is 0 Å². The predicted molar refractivity (Wildman–Crippen MR) is 75.9 cm³/mol. The van der Waals surface area contributed by atoms with Gasteiger partial charge in [0.15, 0.2) is 0 Å². The quantitative estimate of drug-likeness (QED) is 0.437.